The van der Waals surface area contributed by atoms with E-state index in [2.05, 4.69) is 29.2 Å². The Hall–Kier alpha value is -1.41. The molecule has 1 aromatic rings. The fraction of sp³-hybridized carbons (Fsp3) is 0.667. The third-order valence-electron chi connectivity index (χ3n) is 5.92. The second-order valence-electron chi connectivity index (χ2n) is 7.88. The van der Waals surface area contributed by atoms with E-state index in [4.69, 9.17) is 9.47 Å². The number of rotatable bonds is 5. The first-order chi connectivity index (χ1) is 12.1. The summed E-state index contributed by atoms with van der Waals surface area (Å²) < 4.78 is 11.6. The van der Waals surface area contributed by atoms with Gasteiger partial charge in [0.15, 0.2) is 0 Å². The van der Waals surface area contributed by atoms with E-state index in [-0.39, 0.29) is 0 Å². The highest BCUT2D eigenvalue weighted by atomic mass is 16.5. The normalized spacial score (nSPS) is 28.0. The zero-order valence-electron chi connectivity index (χ0n) is 15.7. The van der Waals surface area contributed by atoms with Crippen molar-refractivity contribution in [2.75, 3.05) is 26.9 Å². The maximum absolute atomic E-state index is 9.57. The van der Waals surface area contributed by atoms with E-state index in [0.29, 0.717) is 18.1 Å². The Morgan fingerprint density at radius 3 is 2.88 bits per heavy atom. The molecule has 0 radical (unpaired) electrons. The standard InChI is InChI=1S/C21H30N2O2/c1-21(2,15-22)18-9-5-4-7-16(18)13-23-11-12-25-14-19(23)17-8-6-10-20(17)24-3/h4-5,7,9,17,19-20H,6,8,10-14H2,1-3H3. The number of hydrogen-bond acceptors (Lipinski definition) is 4. The highest BCUT2D eigenvalue weighted by Gasteiger charge is 2.39. The van der Waals surface area contributed by atoms with Gasteiger partial charge in [0, 0.05) is 32.2 Å². The SMILES string of the molecule is COC1CCCC1C1COCCN1Cc1ccccc1C(C)(C)C#N. The van der Waals surface area contributed by atoms with Gasteiger partial charge in [-0.1, -0.05) is 30.7 Å². The number of morpholine rings is 1. The second kappa shape index (κ2) is 7.86. The van der Waals surface area contributed by atoms with Gasteiger partial charge in [-0.2, -0.15) is 5.26 Å². The van der Waals surface area contributed by atoms with Crippen LogP contribution in [0.4, 0.5) is 0 Å². The van der Waals surface area contributed by atoms with Gasteiger partial charge in [-0.15, -0.1) is 0 Å². The molecule has 4 nitrogen and oxygen atoms in total. The average molecular weight is 342 g/mol. The van der Waals surface area contributed by atoms with Crippen LogP contribution in [0.25, 0.3) is 0 Å². The number of ether oxygens (including phenoxy) is 2. The zero-order valence-corrected chi connectivity index (χ0v) is 15.7. The molecule has 4 heteroatoms. The molecule has 1 aromatic carbocycles. The minimum Gasteiger partial charge on any atom is -0.381 e. The van der Waals surface area contributed by atoms with Crippen LogP contribution in [-0.4, -0.2) is 43.9 Å². The molecule has 1 saturated carbocycles. The van der Waals surface area contributed by atoms with Crippen molar-refractivity contribution in [1.29, 1.82) is 5.26 Å². The predicted octanol–water partition coefficient (Wildman–Crippen LogP) is 3.50. The Balaban J connectivity index is 1.82. The molecular formula is C21H30N2O2. The second-order valence-corrected chi connectivity index (χ2v) is 7.88. The van der Waals surface area contributed by atoms with Crippen LogP contribution in [0.1, 0.15) is 44.2 Å². The number of nitriles is 1. The van der Waals surface area contributed by atoms with Gasteiger partial charge in [0.05, 0.1) is 30.8 Å². The van der Waals surface area contributed by atoms with Crippen molar-refractivity contribution in [3.8, 4) is 6.07 Å². The van der Waals surface area contributed by atoms with Crippen molar-refractivity contribution in [3.05, 3.63) is 35.4 Å². The Bertz CT molecular complexity index is 623. The summed E-state index contributed by atoms with van der Waals surface area (Å²) in [5, 5.41) is 9.57. The van der Waals surface area contributed by atoms with Crippen LogP contribution in [0, 0.1) is 17.2 Å². The maximum Gasteiger partial charge on any atom is 0.0769 e. The lowest BCUT2D eigenvalue weighted by atomic mass is 9.82. The molecule has 0 bridgehead atoms. The average Bonchev–Trinajstić information content (AvgIpc) is 3.11. The first-order valence-corrected chi connectivity index (χ1v) is 9.41. The molecule has 1 aliphatic heterocycles. The van der Waals surface area contributed by atoms with Crippen molar-refractivity contribution in [3.63, 3.8) is 0 Å². The molecule has 0 spiro atoms. The maximum atomic E-state index is 9.57. The number of hydrogen-bond donors (Lipinski definition) is 0. The molecule has 0 amide bonds. The van der Waals surface area contributed by atoms with E-state index < -0.39 is 5.41 Å². The molecule has 2 aliphatic rings. The molecule has 2 fully saturated rings. The fourth-order valence-corrected chi connectivity index (χ4v) is 4.48. The van der Waals surface area contributed by atoms with Gasteiger partial charge in [0.25, 0.3) is 0 Å². The third-order valence-corrected chi connectivity index (χ3v) is 5.92. The summed E-state index contributed by atoms with van der Waals surface area (Å²) in [6.07, 6.45) is 3.96. The third kappa shape index (κ3) is 3.89. The van der Waals surface area contributed by atoms with Crippen LogP contribution in [0.2, 0.25) is 0 Å². The molecule has 1 heterocycles. The smallest absolute Gasteiger partial charge is 0.0769 e. The van der Waals surface area contributed by atoms with Crippen LogP contribution in [0.15, 0.2) is 24.3 Å². The molecule has 1 aliphatic carbocycles. The number of benzene rings is 1. The summed E-state index contributed by atoms with van der Waals surface area (Å²) >= 11 is 0. The van der Waals surface area contributed by atoms with Crippen LogP contribution in [0.3, 0.4) is 0 Å². The van der Waals surface area contributed by atoms with Gasteiger partial charge in [-0.25, -0.2) is 0 Å². The summed E-state index contributed by atoms with van der Waals surface area (Å²) in [5.74, 6) is 0.543. The van der Waals surface area contributed by atoms with E-state index in [0.717, 1.165) is 38.3 Å². The monoisotopic (exact) mass is 342 g/mol. The van der Waals surface area contributed by atoms with Crippen molar-refractivity contribution in [2.24, 2.45) is 5.92 Å². The van der Waals surface area contributed by atoms with Crippen molar-refractivity contribution >= 4 is 0 Å². The summed E-state index contributed by atoms with van der Waals surface area (Å²) in [7, 11) is 1.84. The van der Waals surface area contributed by atoms with Crippen LogP contribution in [-0.2, 0) is 21.4 Å². The Morgan fingerprint density at radius 1 is 1.32 bits per heavy atom. The lowest BCUT2D eigenvalue weighted by molar-refractivity contribution is -0.0609. The molecule has 3 atom stereocenters. The first kappa shape index (κ1) is 18.4. The van der Waals surface area contributed by atoms with Crippen LogP contribution in [0.5, 0.6) is 0 Å². The van der Waals surface area contributed by atoms with E-state index in [1.54, 1.807) is 0 Å². The quantitative estimate of drug-likeness (QED) is 0.821. The number of methoxy groups -OCH3 is 1. The van der Waals surface area contributed by atoms with Crippen LogP contribution >= 0.6 is 0 Å². The molecule has 3 rings (SSSR count). The van der Waals surface area contributed by atoms with Crippen molar-refractivity contribution in [1.82, 2.24) is 4.90 Å². The largest absolute Gasteiger partial charge is 0.381 e. The predicted molar refractivity (Wildman–Crippen MR) is 98.2 cm³/mol. The molecule has 1 saturated heterocycles. The van der Waals surface area contributed by atoms with Crippen LogP contribution < -0.4 is 0 Å². The first-order valence-electron chi connectivity index (χ1n) is 9.41. The molecule has 3 unspecified atom stereocenters. The van der Waals surface area contributed by atoms with Gasteiger partial charge in [0.2, 0.25) is 0 Å². The van der Waals surface area contributed by atoms with Crippen molar-refractivity contribution < 1.29 is 9.47 Å². The zero-order chi connectivity index (χ0) is 17.9. The Kier molecular flexibility index (Phi) is 5.78. The van der Waals surface area contributed by atoms with E-state index >= 15 is 0 Å². The lowest BCUT2D eigenvalue weighted by Crippen LogP contribution is -2.51. The molecule has 25 heavy (non-hydrogen) atoms. The summed E-state index contributed by atoms with van der Waals surface area (Å²) in [4.78, 5) is 2.55. The molecule has 0 N–H and O–H groups in total. The van der Waals surface area contributed by atoms with E-state index in [1.165, 1.54) is 18.4 Å². The minimum atomic E-state index is -0.471. The highest BCUT2D eigenvalue weighted by molar-refractivity contribution is 5.37. The minimum absolute atomic E-state index is 0.347. The Labute approximate surface area is 151 Å². The Morgan fingerprint density at radius 2 is 2.12 bits per heavy atom. The number of nitrogens with zero attached hydrogens (tertiary/aromatic N) is 2. The molecule has 0 aromatic heterocycles. The molecular weight excluding hydrogens is 312 g/mol. The van der Waals surface area contributed by atoms with Gasteiger partial charge in [-0.05, 0) is 37.8 Å². The summed E-state index contributed by atoms with van der Waals surface area (Å²) in [5.41, 5.74) is 1.92. The lowest BCUT2D eigenvalue weighted by Gasteiger charge is -2.41. The van der Waals surface area contributed by atoms with Gasteiger partial charge in [-0.3, -0.25) is 4.90 Å². The van der Waals surface area contributed by atoms with Gasteiger partial charge in [0.1, 0.15) is 0 Å². The molecule has 136 valence electrons. The fourth-order valence-electron chi connectivity index (χ4n) is 4.48. The topological polar surface area (TPSA) is 45.5 Å². The van der Waals surface area contributed by atoms with Gasteiger partial charge < -0.3 is 9.47 Å². The summed E-state index contributed by atoms with van der Waals surface area (Å²) in [6, 6.07) is 11.2. The van der Waals surface area contributed by atoms with E-state index in [1.807, 2.05) is 27.0 Å². The highest BCUT2D eigenvalue weighted by Crippen LogP contribution is 2.35. The summed E-state index contributed by atoms with van der Waals surface area (Å²) in [6.45, 7) is 7.39. The van der Waals surface area contributed by atoms with Gasteiger partial charge >= 0.3 is 0 Å². The van der Waals surface area contributed by atoms with E-state index in [9.17, 15) is 5.26 Å². The van der Waals surface area contributed by atoms with Crippen molar-refractivity contribution in [2.45, 2.75) is 57.2 Å².